The molecule has 1 aromatic heterocycles. The van der Waals surface area contributed by atoms with Crippen LogP contribution in [0.3, 0.4) is 0 Å². The van der Waals surface area contributed by atoms with E-state index < -0.39 is 5.92 Å². The summed E-state index contributed by atoms with van der Waals surface area (Å²) in [5, 5.41) is 3.82. The Morgan fingerprint density at radius 2 is 2.33 bits per heavy atom. The number of rotatable bonds is 4. The van der Waals surface area contributed by atoms with Crippen molar-refractivity contribution in [1.82, 2.24) is 10.1 Å². The van der Waals surface area contributed by atoms with Crippen molar-refractivity contribution in [2.24, 2.45) is 5.73 Å². The zero-order chi connectivity index (χ0) is 13.2. The summed E-state index contributed by atoms with van der Waals surface area (Å²) in [6.45, 7) is 1.90. The lowest BCUT2D eigenvalue weighted by Gasteiger charge is -2.26. The van der Waals surface area contributed by atoms with Gasteiger partial charge in [0.2, 0.25) is 11.8 Å². The van der Waals surface area contributed by atoms with Gasteiger partial charge in [-0.3, -0.25) is 0 Å². The Kier molecular flexibility index (Phi) is 3.94. The van der Waals surface area contributed by atoms with Crippen molar-refractivity contribution in [3.8, 4) is 0 Å². The van der Waals surface area contributed by atoms with Crippen LogP contribution in [-0.4, -0.2) is 22.1 Å². The molecule has 6 heteroatoms. The van der Waals surface area contributed by atoms with Gasteiger partial charge in [0.1, 0.15) is 0 Å². The minimum absolute atomic E-state index is 0.0289. The first-order valence-electron chi connectivity index (χ1n) is 6.42. The molecule has 0 bridgehead atoms. The van der Waals surface area contributed by atoms with Crippen molar-refractivity contribution in [2.75, 3.05) is 0 Å². The predicted octanol–water partition coefficient (Wildman–Crippen LogP) is 2.64. The van der Waals surface area contributed by atoms with Crippen molar-refractivity contribution in [2.45, 2.75) is 63.3 Å². The monoisotopic (exact) mass is 259 g/mol. The van der Waals surface area contributed by atoms with Crippen LogP contribution in [0.4, 0.5) is 8.78 Å². The predicted molar refractivity (Wildman–Crippen MR) is 62.4 cm³/mol. The Balaban J connectivity index is 1.97. The Morgan fingerprint density at radius 1 is 1.56 bits per heavy atom. The zero-order valence-electron chi connectivity index (χ0n) is 10.5. The van der Waals surface area contributed by atoms with Gasteiger partial charge in [-0.1, -0.05) is 5.16 Å². The van der Waals surface area contributed by atoms with E-state index in [2.05, 4.69) is 10.1 Å². The van der Waals surface area contributed by atoms with E-state index in [0.717, 1.165) is 6.42 Å². The fourth-order valence-corrected chi connectivity index (χ4v) is 2.28. The highest BCUT2D eigenvalue weighted by atomic mass is 19.3. The van der Waals surface area contributed by atoms with E-state index >= 15 is 0 Å². The minimum atomic E-state index is -2.59. The quantitative estimate of drug-likeness (QED) is 0.902. The molecule has 18 heavy (non-hydrogen) atoms. The molecule has 2 unspecified atom stereocenters. The highest BCUT2D eigenvalue weighted by Gasteiger charge is 2.38. The van der Waals surface area contributed by atoms with Gasteiger partial charge in [0, 0.05) is 31.2 Å². The largest absolute Gasteiger partial charge is 0.339 e. The topological polar surface area (TPSA) is 64.9 Å². The standard InChI is InChI=1S/C12H19F2N3O/c1-8(15)4-5-10-16-11(17-18-10)9-3-2-6-12(13,14)7-9/h8-9H,2-7,15H2,1H3. The second-order valence-corrected chi connectivity index (χ2v) is 5.21. The molecule has 0 radical (unpaired) electrons. The summed E-state index contributed by atoms with van der Waals surface area (Å²) < 4.78 is 31.7. The fourth-order valence-electron chi connectivity index (χ4n) is 2.28. The van der Waals surface area contributed by atoms with E-state index in [4.69, 9.17) is 10.3 Å². The van der Waals surface area contributed by atoms with Crippen LogP contribution in [0.1, 0.15) is 56.7 Å². The van der Waals surface area contributed by atoms with Crippen LogP contribution < -0.4 is 5.73 Å². The average molecular weight is 259 g/mol. The van der Waals surface area contributed by atoms with Gasteiger partial charge >= 0.3 is 0 Å². The lowest BCUT2D eigenvalue weighted by Crippen LogP contribution is -2.25. The van der Waals surface area contributed by atoms with Crippen molar-refractivity contribution >= 4 is 0 Å². The summed E-state index contributed by atoms with van der Waals surface area (Å²) in [5.41, 5.74) is 5.64. The lowest BCUT2D eigenvalue weighted by molar-refractivity contribution is -0.0418. The first kappa shape index (κ1) is 13.4. The molecule has 1 aromatic rings. The Bertz CT molecular complexity index is 392. The minimum Gasteiger partial charge on any atom is -0.339 e. The molecule has 0 aromatic carbocycles. The number of hydrogen-bond acceptors (Lipinski definition) is 4. The molecule has 0 aliphatic heterocycles. The van der Waals surface area contributed by atoms with Crippen LogP contribution in [0.5, 0.6) is 0 Å². The summed E-state index contributed by atoms with van der Waals surface area (Å²) in [5.74, 6) is -1.94. The molecule has 1 aliphatic carbocycles. The smallest absolute Gasteiger partial charge is 0.248 e. The molecule has 0 amide bonds. The van der Waals surface area contributed by atoms with E-state index in [1.165, 1.54) is 0 Å². The molecular formula is C12H19F2N3O. The van der Waals surface area contributed by atoms with Gasteiger partial charge in [0.25, 0.3) is 0 Å². The lowest BCUT2D eigenvalue weighted by atomic mass is 9.86. The van der Waals surface area contributed by atoms with Crippen LogP contribution in [0.25, 0.3) is 0 Å². The maximum Gasteiger partial charge on any atom is 0.248 e. The van der Waals surface area contributed by atoms with Crippen molar-refractivity contribution in [1.29, 1.82) is 0 Å². The molecule has 4 nitrogen and oxygen atoms in total. The highest BCUT2D eigenvalue weighted by molar-refractivity contribution is 5.00. The average Bonchev–Trinajstić information content (AvgIpc) is 2.73. The van der Waals surface area contributed by atoms with Gasteiger partial charge in [-0.15, -0.1) is 0 Å². The Labute approximate surface area is 105 Å². The molecular weight excluding hydrogens is 240 g/mol. The first-order chi connectivity index (χ1) is 8.46. The summed E-state index contributed by atoms with van der Waals surface area (Å²) in [6, 6.07) is 0.0689. The molecule has 2 rings (SSSR count). The molecule has 1 heterocycles. The normalized spacial score (nSPS) is 25.0. The van der Waals surface area contributed by atoms with Crippen molar-refractivity contribution in [3.05, 3.63) is 11.7 Å². The third kappa shape index (κ3) is 3.48. The second-order valence-electron chi connectivity index (χ2n) is 5.21. The van der Waals surface area contributed by atoms with E-state index in [1.807, 2.05) is 6.92 Å². The van der Waals surface area contributed by atoms with Crippen LogP contribution in [0, 0.1) is 0 Å². The van der Waals surface area contributed by atoms with E-state index in [-0.39, 0.29) is 24.8 Å². The zero-order valence-corrected chi connectivity index (χ0v) is 10.5. The van der Waals surface area contributed by atoms with Crippen LogP contribution >= 0.6 is 0 Å². The van der Waals surface area contributed by atoms with E-state index in [0.29, 0.717) is 31.0 Å². The van der Waals surface area contributed by atoms with Crippen molar-refractivity contribution < 1.29 is 13.3 Å². The summed E-state index contributed by atoms with van der Waals surface area (Å²) >= 11 is 0. The van der Waals surface area contributed by atoms with Gasteiger partial charge < -0.3 is 10.3 Å². The van der Waals surface area contributed by atoms with Gasteiger partial charge in [0.05, 0.1) is 0 Å². The number of nitrogens with zero attached hydrogens (tertiary/aromatic N) is 2. The maximum atomic E-state index is 13.3. The Morgan fingerprint density at radius 3 is 3.00 bits per heavy atom. The third-order valence-electron chi connectivity index (χ3n) is 3.30. The van der Waals surface area contributed by atoms with Crippen molar-refractivity contribution in [3.63, 3.8) is 0 Å². The molecule has 1 fully saturated rings. The SMILES string of the molecule is CC(N)CCc1nc(C2CCCC(F)(F)C2)no1. The molecule has 102 valence electrons. The molecule has 1 aliphatic rings. The number of hydrogen-bond donors (Lipinski definition) is 1. The van der Waals surface area contributed by atoms with Gasteiger partial charge in [-0.05, 0) is 26.2 Å². The number of alkyl halides is 2. The molecule has 2 N–H and O–H groups in total. The Hall–Kier alpha value is -1.04. The van der Waals surface area contributed by atoms with Gasteiger partial charge in [-0.25, -0.2) is 8.78 Å². The van der Waals surface area contributed by atoms with E-state index in [9.17, 15) is 8.78 Å². The molecule has 1 saturated carbocycles. The van der Waals surface area contributed by atoms with Crippen LogP contribution in [-0.2, 0) is 6.42 Å². The fraction of sp³-hybridized carbons (Fsp3) is 0.833. The third-order valence-corrected chi connectivity index (χ3v) is 3.30. The number of aryl methyl sites for hydroxylation is 1. The van der Waals surface area contributed by atoms with E-state index in [1.54, 1.807) is 0 Å². The second kappa shape index (κ2) is 5.30. The summed E-state index contributed by atoms with van der Waals surface area (Å²) in [4.78, 5) is 4.20. The van der Waals surface area contributed by atoms with Gasteiger partial charge in [-0.2, -0.15) is 4.98 Å². The molecule has 0 spiro atoms. The van der Waals surface area contributed by atoms with Crippen LogP contribution in [0.15, 0.2) is 4.52 Å². The van der Waals surface area contributed by atoms with Crippen LogP contribution in [0.2, 0.25) is 0 Å². The summed E-state index contributed by atoms with van der Waals surface area (Å²) in [7, 11) is 0. The number of aromatic nitrogens is 2. The molecule has 0 saturated heterocycles. The molecule has 2 atom stereocenters. The number of nitrogens with two attached hydrogens (primary N) is 1. The summed E-state index contributed by atoms with van der Waals surface area (Å²) in [6.07, 6.45) is 2.39. The highest BCUT2D eigenvalue weighted by Crippen LogP contribution is 2.40. The number of halogens is 2. The maximum absolute atomic E-state index is 13.3. The van der Waals surface area contributed by atoms with Gasteiger partial charge in [0.15, 0.2) is 5.82 Å². The first-order valence-corrected chi connectivity index (χ1v) is 6.42.